The zero-order chi connectivity index (χ0) is 13.4. The second kappa shape index (κ2) is 5.19. The van der Waals surface area contributed by atoms with Crippen molar-refractivity contribution in [2.24, 2.45) is 0 Å². The molecule has 1 atom stereocenters. The summed E-state index contributed by atoms with van der Waals surface area (Å²) in [6.07, 6.45) is 3.38. The molecule has 3 rings (SSSR count). The Hall–Kier alpha value is -0.980. The predicted octanol–water partition coefficient (Wildman–Crippen LogP) is 2.67. The summed E-state index contributed by atoms with van der Waals surface area (Å²) in [5.74, 6) is 0.639. The van der Waals surface area contributed by atoms with Crippen molar-refractivity contribution in [3.63, 3.8) is 0 Å². The van der Waals surface area contributed by atoms with Crippen molar-refractivity contribution >= 4 is 44.4 Å². The van der Waals surface area contributed by atoms with E-state index in [0.29, 0.717) is 24.3 Å². The van der Waals surface area contributed by atoms with Crippen LogP contribution in [0, 0.1) is 0 Å². The van der Waals surface area contributed by atoms with Crippen molar-refractivity contribution in [1.82, 2.24) is 15.0 Å². The highest BCUT2D eigenvalue weighted by molar-refractivity contribution is 9.10. The summed E-state index contributed by atoms with van der Waals surface area (Å²) >= 11 is 9.68. The van der Waals surface area contributed by atoms with E-state index in [1.54, 1.807) is 12.4 Å². The van der Waals surface area contributed by atoms with E-state index in [4.69, 9.17) is 16.3 Å². The zero-order valence-corrected chi connectivity index (χ0v) is 12.6. The molecule has 3 heterocycles. The number of anilines is 1. The number of ether oxygens (including phenoxy) is 1. The van der Waals surface area contributed by atoms with Gasteiger partial charge >= 0.3 is 0 Å². The number of aromatic nitrogens is 3. The second-order valence-electron chi connectivity index (χ2n) is 4.45. The smallest absolute Gasteiger partial charge is 0.227 e. The summed E-state index contributed by atoms with van der Waals surface area (Å²) in [4.78, 5) is 15.2. The Labute approximate surface area is 124 Å². The van der Waals surface area contributed by atoms with Crippen molar-refractivity contribution < 1.29 is 4.74 Å². The number of fused-ring (bicyclic) bond motifs is 1. The Morgan fingerprint density at radius 3 is 3.05 bits per heavy atom. The van der Waals surface area contributed by atoms with Gasteiger partial charge in [-0.2, -0.15) is 0 Å². The molecule has 0 aromatic carbocycles. The molecule has 0 saturated carbocycles. The summed E-state index contributed by atoms with van der Waals surface area (Å²) in [6, 6.07) is 0.239. The van der Waals surface area contributed by atoms with E-state index in [-0.39, 0.29) is 6.04 Å². The van der Waals surface area contributed by atoms with E-state index in [2.05, 4.69) is 42.7 Å². The van der Waals surface area contributed by atoms with Gasteiger partial charge in [-0.15, -0.1) is 0 Å². The molecule has 19 heavy (non-hydrogen) atoms. The average molecular weight is 344 g/mol. The molecule has 0 N–H and O–H groups in total. The quantitative estimate of drug-likeness (QED) is 0.745. The van der Waals surface area contributed by atoms with Crippen LogP contribution in [0.25, 0.3) is 10.9 Å². The third-order valence-corrected chi connectivity index (χ3v) is 4.00. The van der Waals surface area contributed by atoms with Crippen molar-refractivity contribution in [2.45, 2.75) is 13.0 Å². The molecule has 100 valence electrons. The molecular formula is C12H12BrClN4O. The third-order valence-electron chi connectivity index (χ3n) is 3.13. The number of hydrogen-bond donors (Lipinski definition) is 0. The Morgan fingerprint density at radius 1 is 1.42 bits per heavy atom. The third kappa shape index (κ3) is 2.40. The summed E-state index contributed by atoms with van der Waals surface area (Å²) in [7, 11) is 0. The normalized spacial score (nSPS) is 19.9. The fourth-order valence-electron chi connectivity index (χ4n) is 2.12. The first-order valence-electron chi connectivity index (χ1n) is 5.98. The molecule has 7 heteroatoms. The molecule has 0 unspecified atom stereocenters. The molecule has 2 aromatic rings. The summed E-state index contributed by atoms with van der Waals surface area (Å²) < 4.78 is 6.24. The fourth-order valence-corrected chi connectivity index (χ4v) is 2.75. The van der Waals surface area contributed by atoms with Gasteiger partial charge in [-0.3, -0.25) is 4.98 Å². The van der Waals surface area contributed by atoms with E-state index >= 15 is 0 Å². The number of nitrogens with zero attached hydrogens (tertiary/aromatic N) is 4. The molecule has 2 aromatic heterocycles. The van der Waals surface area contributed by atoms with Crippen LogP contribution in [-0.4, -0.2) is 40.8 Å². The minimum Gasteiger partial charge on any atom is -0.377 e. The standard InChI is InChI=1S/C12H12BrClN4O/c1-7-6-19-3-2-18(7)12-16-10-8(11(14)17-12)4-15-5-9(10)13/h4-5,7H,2-3,6H2,1H3/t7-/m0/s1. The molecular weight excluding hydrogens is 332 g/mol. The van der Waals surface area contributed by atoms with Crippen LogP contribution in [0.2, 0.25) is 5.15 Å². The van der Waals surface area contributed by atoms with Crippen LogP contribution in [0.1, 0.15) is 6.92 Å². The van der Waals surface area contributed by atoms with Gasteiger partial charge in [0.25, 0.3) is 0 Å². The van der Waals surface area contributed by atoms with Crippen LogP contribution < -0.4 is 4.90 Å². The van der Waals surface area contributed by atoms with E-state index in [1.165, 1.54) is 0 Å². The van der Waals surface area contributed by atoms with Crippen LogP contribution in [0.5, 0.6) is 0 Å². The van der Waals surface area contributed by atoms with Crippen molar-refractivity contribution in [3.05, 3.63) is 22.0 Å². The maximum Gasteiger partial charge on any atom is 0.227 e. The first kappa shape index (κ1) is 13.0. The average Bonchev–Trinajstić information content (AvgIpc) is 2.40. The number of hydrogen-bond acceptors (Lipinski definition) is 5. The van der Waals surface area contributed by atoms with Gasteiger partial charge in [-0.05, 0) is 22.9 Å². The topological polar surface area (TPSA) is 51.1 Å². The van der Waals surface area contributed by atoms with Gasteiger partial charge in [-0.25, -0.2) is 9.97 Å². The highest BCUT2D eigenvalue weighted by Gasteiger charge is 2.22. The van der Waals surface area contributed by atoms with E-state index < -0.39 is 0 Å². The molecule has 1 saturated heterocycles. The van der Waals surface area contributed by atoms with E-state index in [1.807, 2.05) is 0 Å². The van der Waals surface area contributed by atoms with Gasteiger partial charge in [0.2, 0.25) is 5.95 Å². The van der Waals surface area contributed by atoms with Crippen LogP contribution in [0.3, 0.4) is 0 Å². The molecule has 0 aliphatic carbocycles. The van der Waals surface area contributed by atoms with Crippen molar-refractivity contribution in [3.8, 4) is 0 Å². The Bertz CT molecular complexity index is 624. The van der Waals surface area contributed by atoms with E-state index in [9.17, 15) is 0 Å². The van der Waals surface area contributed by atoms with Gasteiger partial charge < -0.3 is 9.64 Å². The number of morpholine rings is 1. The Morgan fingerprint density at radius 2 is 2.26 bits per heavy atom. The molecule has 0 bridgehead atoms. The number of pyridine rings is 1. The lowest BCUT2D eigenvalue weighted by molar-refractivity contribution is 0.0981. The zero-order valence-electron chi connectivity index (χ0n) is 10.3. The first-order chi connectivity index (χ1) is 9.16. The molecule has 5 nitrogen and oxygen atoms in total. The largest absolute Gasteiger partial charge is 0.377 e. The summed E-state index contributed by atoms with van der Waals surface area (Å²) in [5.41, 5.74) is 0.781. The minimum absolute atomic E-state index is 0.239. The van der Waals surface area contributed by atoms with Crippen LogP contribution >= 0.6 is 27.5 Å². The second-order valence-corrected chi connectivity index (χ2v) is 5.66. The predicted molar refractivity (Wildman–Crippen MR) is 77.7 cm³/mol. The van der Waals surface area contributed by atoms with Gasteiger partial charge in [0.15, 0.2) is 0 Å². The van der Waals surface area contributed by atoms with Gasteiger partial charge in [0, 0.05) is 18.9 Å². The fraction of sp³-hybridized carbons (Fsp3) is 0.417. The molecule has 1 fully saturated rings. The molecule has 0 spiro atoms. The van der Waals surface area contributed by atoms with Crippen molar-refractivity contribution in [2.75, 3.05) is 24.7 Å². The Balaban J connectivity index is 2.12. The van der Waals surface area contributed by atoms with Gasteiger partial charge in [0.05, 0.1) is 34.6 Å². The SMILES string of the molecule is C[C@H]1COCCN1c1nc(Cl)c2cncc(Br)c2n1. The molecule has 0 amide bonds. The van der Waals surface area contributed by atoms with Gasteiger partial charge in [-0.1, -0.05) is 11.6 Å². The minimum atomic E-state index is 0.239. The van der Waals surface area contributed by atoms with Crippen molar-refractivity contribution in [1.29, 1.82) is 0 Å². The lowest BCUT2D eigenvalue weighted by atomic mass is 10.2. The first-order valence-corrected chi connectivity index (χ1v) is 7.15. The molecule has 0 radical (unpaired) electrons. The number of rotatable bonds is 1. The maximum absolute atomic E-state index is 6.23. The molecule has 1 aliphatic heterocycles. The van der Waals surface area contributed by atoms with Crippen LogP contribution in [0.15, 0.2) is 16.9 Å². The van der Waals surface area contributed by atoms with Crippen LogP contribution in [0.4, 0.5) is 5.95 Å². The highest BCUT2D eigenvalue weighted by Crippen LogP contribution is 2.28. The number of halogens is 2. The van der Waals surface area contributed by atoms with Gasteiger partial charge in [0.1, 0.15) is 5.15 Å². The summed E-state index contributed by atoms with van der Waals surface area (Å²) in [5, 5.41) is 1.17. The summed E-state index contributed by atoms with van der Waals surface area (Å²) in [6.45, 7) is 4.21. The van der Waals surface area contributed by atoms with E-state index in [0.717, 1.165) is 21.9 Å². The lowest BCUT2D eigenvalue weighted by Crippen LogP contribution is -2.44. The molecule has 1 aliphatic rings. The van der Waals surface area contributed by atoms with Crippen LogP contribution in [-0.2, 0) is 4.74 Å². The Kier molecular flexibility index (Phi) is 3.56. The highest BCUT2D eigenvalue weighted by atomic mass is 79.9. The maximum atomic E-state index is 6.23. The monoisotopic (exact) mass is 342 g/mol. The lowest BCUT2D eigenvalue weighted by Gasteiger charge is -2.33.